The molecule has 0 spiro atoms. The van der Waals surface area contributed by atoms with E-state index >= 15 is 0 Å². The third kappa shape index (κ3) is 3.65. The van der Waals surface area contributed by atoms with Crippen molar-refractivity contribution in [2.45, 2.75) is 13.5 Å². The Kier molecular flexibility index (Phi) is 5.94. The van der Waals surface area contributed by atoms with E-state index in [0.717, 1.165) is 0 Å². The minimum Gasteiger partial charge on any atom is -0.462 e. The number of para-hydroxylation sites is 1. The van der Waals surface area contributed by atoms with Crippen LogP contribution in [0.4, 0.5) is 0 Å². The van der Waals surface area contributed by atoms with Crippen LogP contribution in [0.1, 0.15) is 23.0 Å². The van der Waals surface area contributed by atoms with Gasteiger partial charge in [-0.25, -0.2) is 9.48 Å². The van der Waals surface area contributed by atoms with Gasteiger partial charge in [-0.1, -0.05) is 23.7 Å². The molecule has 1 heterocycles. The Morgan fingerprint density at radius 3 is 2.91 bits per heavy atom. The van der Waals surface area contributed by atoms with Gasteiger partial charge in [-0.05, 0) is 19.1 Å². The van der Waals surface area contributed by atoms with E-state index in [2.05, 4.69) is 10.4 Å². The number of carbonyl (C=O) groups excluding carboxylic acids is 1. The number of benzene rings is 1. The highest BCUT2D eigenvalue weighted by Gasteiger charge is 2.20. The molecule has 1 aromatic carbocycles. The van der Waals surface area contributed by atoms with Crippen LogP contribution in [0.25, 0.3) is 5.69 Å². The Morgan fingerprint density at radius 1 is 1.45 bits per heavy atom. The average molecular weight is 324 g/mol. The standard InChI is InChI=1S/C15H18ClN3O3/c1-2-22-15(21)11-9-18-19(14(11)10-17-7-8-20)13-6-4-3-5-12(13)16/h3-6,9,17,20H,2,7-8,10H2,1H3. The van der Waals surface area contributed by atoms with Crippen LogP contribution in [0, 0.1) is 0 Å². The average Bonchev–Trinajstić information content (AvgIpc) is 2.92. The maximum absolute atomic E-state index is 12.0. The van der Waals surface area contributed by atoms with Gasteiger partial charge < -0.3 is 15.2 Å². The largest absolute Gasteiger partial charge is 0.462 e. The van der Waals surface area contributed by atoms with Gasteiger partial charge in [0.2, 0.25) is 0 Å². The number of hydrogen-bond donors (Lipinski definition) is 2. The van der Waals surface area contributed by atoms with Crippen molar-refractivity contribution in [3.05, 3.63) is 46.7 Å². The first-order chi connectivity index (χ1) is 10.7. The second-order valence-electron chi connectivity index (χ2n) is 4.49. The summed E-state index contributed by atoms with van der Waals surface area (Å²) in [6, 6.07) is 7.25. The molecule has 118 valence electrons. The summed E-state index contributed by atoms with van der Waals surface area (Å²) in [6.45, 7) is 2.82. The molecule has 0 aliphatic carbocycles. The SMILES string of the molecule is CCOC(=O)c1cnn(-c2ccccc2Cl)c1CNCCO. The number of nitrogens with zero attached hydrogens (tertiary/aromatic N) is 2. The topological polar surface area (TPSA) is 76.4 Å². The smallest absolute Gasteiger partial charge is 0.341 e. The number of aromatic nitrogens is 2. The molecular weight excluding hydrogens is 306 g/mol. The highest BCUT2D eigenvalue weighted by molar-refractivity contribution is 6.32. The van der Waals surface area contributed by atoms with Crippen LogP contribution < -0.4 is 5.32 Å². The monoisotopic (exact) mass is 323 g/mol. The molecule has 2 N–H and O–H groups in total. The summed E-state index contributed by atoms with van der Waals surface area (Å²) in [4.78, 5) is 12.0. The van der Waals surface area contributed by atoms with E-state index in [1.54, 1.807) is 17.7 Å². The maximum atomic E-state index is 12.0. The maximum Gasteiger partial charge on any atom is 0.341 e. The van der Waals surface area contributed by atoms with Crippen molar-refractivity contribution in [2.24, 2.45) is 0 Å². The van der Waals surface area contributed by atoms with Crippen LogP contribution in [0.2, 0.25) is 5.02 Å². The van der Waals surface area contributed by atoms with Crippen molar-refractivity contribution in [1.29, 1.82) is 0 Å². The zero-order valence-corrected chi connectivity index (χ0v) is 13.0. The lowest BCUT2D eigenvalue weighted by Gasteiger charge is -2.11. The van der Waals surface area contributed by atoms with Crippen LogP contribution >= 0.6 is 11.6 Å². The van der Waals surface area contributed by atoms with Crippen LogP contribution in [0.15, 0.2) is 30.5 Å². The highest BCUT2D eigenvalue weighted by atomic mass is 35.5. The molecule has 2 rings (SSSR count). The lowest BCUT2D eigenvalue weighted by molar-refractivity contribution is 0.0525. The number of halogens is 1. The summed E-state index contributed by atoms with van der Waals surface area (Å²) in [5.41, 5.74) is 1.70. The predicted molar refractivity (Wildman–Crippen MR) is 83.3 cm³/mol. The fourth-order valence-electron chi connectivity index (χ4n) is 2.04. The first-order valence-corrected chi connectivity index (χ1v) is 7.37. The number of ether oxygens (including phenoxy) is 1. The number of aliphatic hydroxyl groups is 1. The number of nitrogens with one attached hydrogen (secondary N) is 1. The Bertz CT molecular complexity index is 643. The second-order valence-corrected chi connectivity index (χ2v) is 4.90. The summed E-state index contributed by atoms with van der Waals surface area (Å²) in [5, 5.41) is 16.7. The molecule has 0 saturated heterocycles. The van der Waals surface area contributed by atoms with Gasteiger partial charge >= 0.3 is 5.97 Å². The van der Waals surface area contributed by atoms with Crippen molar-refractivity contribution in [2.75, 3.05) is 19.8 Å². The zero-order valence-electron chi connectivity index (χ0n) is 12.3. The molecule has 0 atom stereocenters. The van der Waals surface area contributed by atoms with Gasteiger partial charge in [0.15, 0.2) is 0 Å². The van der Waals surface area contributed by atoms with Gasteiger partial charge in [-0.2, -0.15) is 5.10 Å². The van der Waals surface area contributed by atoms with E-state index in [4.69, 9.17) is 21.4 Å². The van der Waals surface area contributed by atoms with Gasteiger partial charge in [-0.15, -0.1) is 0 Å². The van der Waals surface area contributed by atoms with Crippen molar-refractivity contribution in [3.63, 3.8) is 0 Å². The van der Waals surface area contributed by atoms with Crippen LogP contribution in [0.5, 0.6) is 0 Å². The molecule has 0 amide bonds. The molecule has 0 unspecified atom stereocenters. The number of rotatable bonds is 7. The third-order valence-corrected chi connectivity index (χ3v) is 3.35. The third-order valence-electron chi connectivity index (χ3n) is 3.03. The summed E-state index contributed by atoms with van der Waals surface area (Å²) in [5.74, 6) is -0.429. The zero-order chi connectivity index (χ0) is 15.9. The van der Waals surface area contributed by atoms with E-state index in [0.29, 0.717) is 41.7 Å². The molecule has 6 nitrogen and oxygen atoms in total. The molecule has 1 aromatic heterocycles. The molecule has 0 aliphatic rings. The van der Waals surface area contributed by atoms with Crippen molar-refractivity contribution in [1.82, 2.24) is 15.1 Å². The Morgan fingerprint density at radius 2 is 2.23 bits per heavy atom. The first kappa shape index (κ1) is 16.5. The van der Waals surface area contributed by atoms with Gasteiger partial charge in [0.05, 0.1) is 35.8 Å². The van der Waals surface area contributed by atoms with Crippen molar-refractivity contribution < 1.29 is 14.6 Å². The second kappa shape index (κ2) is 7.93. The van der Waals surface area contributed by atoms with Crippen LogP contribution in [-0.4, -0.2) is 40.6 Å². The highest BCUT2D eigenvalue weighted by Crippen LogP contribution is 2.22. The van der Waals surface area contributed by atoms with Gasteiger partial charge in [0, 0.05) is 13.1 Å². The van der Waals surface area contributed by atoms with E-state index in [-0.39, 0.29) is 6.61 Å². The van der Waals surface area contributed by atoms with E-state index in [9.17, 15) is 4.79 Å². The molecule has 0 fully saturated rings. The first-order valence-electron chi connectivity index (χ1n) is 6.99. The molecule has 0 aliphatic heterocycles. The lowest BCUT2D eigenvalue weighted by Crippen LogP contribution is -2.21. The lowest BCUT2D eigenvalue weighted by atomic mass is 10.2. The summed E-state index contributed by atoms with van der Waals surface area (Å²) in [6.07, 6.45) is 1.47. The van der Waals surface area contributed by atoms with Crippen LogP contribution in [-0.2, 0) is 11.3 Å². The molecule has 2 aromatic rings. The van der Waals surface area contributed by atoms with Crippen LogP contribution in [0.3, 0.4) is 0 Å². The summed E-state index contributed by atoms with van der Waals surface area (Å²) >= 11 is 6.20. The minimum absolute atomic E-state index is 0.00890. The van der Waals surface area contributed by atoms with E-state index < -0.39 is 5.97 Å². The molecule has 0 bridgehead atoms. The number of aliphatic hydroxyl groups excluding tert-OH is 1. The summed E-state index contributed by atoms with van der Waals surface area (Å²) in [7, 11) is 0. The fourth-order valence-corrected chi connectivity index (χ4v) is 2.26. The van der Waals surface area contributed by atoms with Gasteiger partial charge in [-0.3, -0.25) is 0 Å². The Hall–Kier alpha value is -1.89. The fraction of sp³-hybridized carbons (Fsp3) is 0.333. The normalized spacial score (nSPS) is 10.7. The molecular formula is C15H18ClN3O3. The number of esters is 1. The Labute approximate surface area is 133 Å². The molecule has 0 radical (unpaired) electrons. The Balaban J connectivity index is 2.41. The summed E-state index contributed by atoms with van der Waals surface area (Å²) < 4.78 is 6.66. The minimum atomic E-state index is -0.429. The van der Waals surface area contributed by atoms with E-state index in [1.165, 1.54) is 6.20 Å². The number of carbonyl (C=O) groups is 1. The predicted octanol–water partition coefficient (Wildman–Crippen LogP) is 1.78. The molecule has 22 heavy (non-hydrogen) atoms. The van der Waals surface area contributed by atoms with E-state index in [1.807, 2.05) is 18.2 Å². The van der Waals surface area contributed by atoms with Gasteiger partial charge in [0.25, 0.3) is 0 Å². The number of hydrogen-bond acceptors (Lipinski definition) is 5. The molecule has 0 saturated carbocycles. The van der Waals surface area contributed by atoms with Crippen molar-refractivity contribution >= 4 is 17.6 Å². The van der Waals surface area contributed by atoms with Gasteiger partial charge in [0.1, 0.15) is 5.56 Å². The quantitative estimate of drug-likeness (QED) is 0.600. The van der Waals surface area contributed by atoms with Crippen molar-refractivity contribution in [3.8, 4) is 5.69 Å². The molecule has 7 heteroatoms.